The Morgan fingerprint density at radius 1 is 0.975 bits per heavy atom. The Bertz CT molecular complexity index is 1610. The third-order valence-electron chi connectivity index (χ3n) is 6.36. The van der Waals surface area contributed by atoms with E-state index in [1.807, 2.05) is 0 Å². The molecule has 1 atom stereocenters. The number of ether oxygens (including phenoxy) is 1. The Labute approximate surface area is 228 Å². The lowest BCUT2D eigenvalue weighted by atomic mass is 10.0. The van der Waals surface area contributed by atoms with Gasteiger partial charge in [0.05, 0.1) is 22.7 Å². The van der Waals surface area contributed by atoms with Crippen molar-refractivity contribution in [2.75, 3.05) is 17.5 Å². The molecule has 1 aromatic heterocycles. The molecule has 206 valence electrons. The number of alkyl halides is 3. The molecule has 1 amide bonds. The van der Waals surface area contributed by atoms with Gasteiger partial charge in [-0.1, -0.05) is 42.5 Å². The second-order valence-corrected chi connectivity index (χ2v) is 10.8. The van der Waals surface area contributed by atoms with E-state index < -0.39 is 33.7 Å². The number of amides is 1. The average molecular weight is 569 g/mol. The van der Waals surface area contributed by atoms with Crippen molar-refractivity contribution in [1.29, 1.82) is 0 Å². The first kappa shape index (κ1) is 27.1. The van der Waals surface area contributed by atoms with Crippen LogP contribution < -0.4 is 14.4 Å². The summed E-state index contributed by atoms with van der Waals surface area (Å²) in [6, 6.07) is 19.4. The van der Waals surface area contributed by atoms with Crippen LogP contribution in [0.25, 0.3) is 11.1 Å². The van der Waals surface area contributed by atoms with Crippen molar-refractivity contribution in [2.24, 2.45) is 0 Å². The molecule has 1 aliphatic rings. The number of hydrogen-bond donors (Lipinski definition) is 1. The highest BCUT2D eigenvalue weighted by Crippen LogP contribution is 2.37. The summed E-state index contributed by atoms with van der Waals surface area (Å²) in [5.41, 5.74) is 1.00. The molecule has 0 saturated heterocycles. The molecule has 40 heavy (non-hydrogen) atoms. The zero-order chi connectivity index (χ0) is 28.3. The number of fused-ring (bicyclic) bond motifs is 1. The maximum atomic E-state index is 13.8. The number of halogens is 3. The van der Waals surface area contributed by atoms with Crippen LogP contribution in [0.15, 0.2) is 96.0 Å². The maximum Gasteiger partial charge on any atom is 0.416 e. The van der Waals surface area contributed by atoms with E-state index in [0.717, 1.165) is 16.4 Å². The van der Waals surface area contributed by atoms with Gasteiger partial charge in [0.25, 0.3) is 10.0 Å². The lowest BCUT2D eigenvalue weighted by Crippen LogP contribution is -2.48. The second kappa shape index (κ2) is 11.0. The predicted molar refractivity (Wildman–Crippen MR) is 141 cm³/mol. The highest BCUT2D eigenvalue weighted by atomic mass is 32.2. The molecule has 0 spiro atoms. The van der Waals surface area contributed by atoms with E-state index in [0.29, 0.717) is 28.3 Å². The van der Waals surface area contributed by atoms with Gasteiger partial charge in [-0.3, -0.25) is 9.10 Å². The minimum Gasteiger partial charge on any atom is -0.475 e. The number of nitrogens with one attached hydrogen (secondary N) is 1. The summed E-state index contributed by atoms with van der Waals surface area (Å²) in [5.74, 6) is -0.203. The Balaban J connectivity index is 1.36. The minimum absolute atomic E-state index is 0.0938. The lowest BCUT2D eigenvalue weighted by molar-refractivity contribution is -0.137. The van der Waals surface area contributed by atoms with Gasteiger partial charge in [-0.05, 0) is 53.1 Å². The fraction of sp³-hybridized carbons (Fsp3) is 0.179. The smallest absolute Gasteiger partial charge is 0.416 e. The summed E-state index contributed by atoms with van der Waals surface area (Å²) in [6.45, 7) is 0.218. The number of carbonyl (C=O) groups excluding carboxylic acids is 1. The van der Waals surface area contributed by atoms with Crippen molar-refractivity contribution in [3.63, 3.8) is 0 Å². The first-order valence-electron chi connectivity index (χ1n) is 12.2. The van der Waals surface area contributed by atoms with Crippen LogP contribution in [0, 0.1) is 0 Å². The van der Waals surface area contributed by atoms with Crippen LogP contribution in [0.2, 0.25) is 0 Å². The SMILES string of the molecule is O=C(NCCOc1cccnn1)[C@@H]1Cc2ccccc2N1S(=O)(=O)c1ccc(-c2cccc(C(F)(F)F)c2)cc1. The molecular formula is C28H23F3N4O4S. The molecule has 0 saturated carbocycles. The van der Waals surface area contributed by atoms with E-state index in [9.17, 15) is 26.4 Å². The second-order valence-electron chi connectivity index (χ2n) is 8.95. The molecule has 5 rings (SSSR count). The van der Waals surface area contributed by atoms with E-state index in [1.165, 1.54) is 42.6 Å². The van der Waals surface area contributed by atoms with Crippen LogP contribution in [0.1, 0.15) is 11.1 Å². The summed E-state index contributed by atoms with van der Waals surface area (Å²) < 4.78 is 73.6. The number of para-hydroxylation sites is 1. The highest BCUT2D eigenvalue weighted by molar-refractivity contribution is 7.93. The normalized spacial score (nSPS) is 15.0. The average Bonchev–Trinajstić information content (AvgIpc) is 3.36. The van der Waals surface area contributed by atoms with Crippen LogP contribution in [0.5, 0.6) is 5.88 Å². The minimum atomic E-state index is -4.50. The summed E-state index contributed by atoms with van der Waals surface area (Å²) in [4.78, 5) is 13.1. The van der Waals surface area contributed by atoms with Crippen molar-refractivity contribution >= 4 is 21.6 Å². The van der Waals surface area contributed by atoms with Crippen LogP contribution in [-0.4, -0.2) is 43.7 Å². The number of carbonyl (C=O) groups is 1. The summed E-state index contributed by atoms with van der Waals surface area (Å²) in [6.07, 6.45) is -2.82. The van der Waals surface area contributed by atoms with Crippen LogP contribution in [0.4, 0.5) is 18.9 Å². The van der Waals surface area contributed by atoms with E-state index in [2.05, 4.69) is 15.5 Å². The van der Waals surface area contributed by atoms with E-state index in [-0.39, 0.29) is 24.5 Å². The Hall–Kier alpha value is -4.45. The third kappa shape index (κ3) is 5.62. The van der Waals surface area contributed by atoms with Crippen LogP contribution in [-0.2, 0) is 27.4 Å². The summed E-state index contributed by atoms with van der Waals surface area (Å²) in [5, 5.41) is 10.2. The number of sulfonamides is 1. The molecule has 12 heteroatoms. The number of rotatable bonds is 8. The lowest BCUT2D eigenvalue weighted by Gasteiger charge is -2.26. The highest BCUT2D eigenvalue weighted by Gasteiger charge is 2.42. The van der Waals surface area contributed by atoms with Gasteiger partial charge in [0.1, 0.15) is 12.6 Å². The topological polar surface area (TPSA) is 101 Å². The van der Waals surface area contributed by atoms with Crippen molar-refractivity contribution in [3.8, 4) is 17.0 Å². The van der Waals surface area contributed by atoms with Crippen LogP contribution in [0.3, 0.4) is 0 Å². The predicted octanol–water partition coefficient (Wildman–Crippen LogP) is 4.48. The third-order valence-corrected chi connectivity index (χ3v) is 8.20. The molecule has 0 unspecified atom stereocenters. The largest absolute Gasteiger partial charge is 0.475 e. The molecule has 2 heterocycles. The number of anilines is 1. The van der Waals surface area contributed by atoms with Gasteiger partial charge in [-0.2, -0.15) is 18.3 Å². The molecule has 4 aromatic rings. The quantitative estimate of drug-likeness (QED) is 0.315. The first-order valence-corrected chi connectivity index (χ1v) is 13.7. The zero-order valence-corrected chi connectivity index (χ0v) is 21.7. The Morgan fingerprint density at radius 3 is 2.48 bits per heavy atom. The molecule has 8 nitrogen and oxygen atoms in total. The molecule has 0 fully saturated rings. The van der Waals surface area contributed by atoms with Gasteiger partial charge in [0, 0.05) is 18.7 Å². The number of benzene rings is 3. The molecule has 1 aliphatic heterocycles. The van der Waals surface area contributed by atoms with Gasteiger partial charge in [-0.25, -0.2) is 8.42 Å². The van der Waals surface area contributed by atoms with Gasteiger partial charge in [0.2, 0.25) is 11.8 Å². The first-order chi connectivity index (χ1) is 19.1. The van der Waals surface area contributed by atoms with Crippen LogP contribution >= 0.6 is 0 Å². The fourth-order valence-electron chi connectivity index (χ4n) is 4.47. The molecule has 1 N–H and O–H groups in total. The van der Waals surface area contributed by atoms with Gasteiger partial charge < -0.3 is 10.1 Å². The number of hydrogen-bond acceptors (Lipinski definition) is 6. The van der Waals surface area contributed by atoms with Crippen molar-refractivity contribution in [1.82, 2.24) is 15.5 Å². The molecule has 3 aromatic carbocycles. The number of nitrogens with zero attached hydrogens (tertiary/aromatic N) is 3. The standard InChI is InChI=1S/C28H23F3N4O4S/c29-28(30,31)22-7-3-6-20(17-22)19-10-12-23(13-11-19)40(37,38)35-24-8-2-1-5-21(24)18-25(35)27(36)32-15-16-39-26-9-4-14-33-34-26/h1-14,17,25H,15-16,18H2,(H,32,36)/t25-/m0/s1. The summed E-state index contributed by atoms with van der Waals surface area (Å²) in [7, 11) is -4.21. The van der Waals surface area contributed by atoms with E-state index in [1.54, 1.807) is 36.4 Å². The fourth-order valence-corrected chi connectivity index (χ4v) is 6.12. The monoisotopic (exact) mass is 568 g/mol. The molecule has 0 aliphatic carbocycles. The number of aromatic nitrogens is 2. The maximum absolute atomic E-state index is 13.8. The Kier molecular flexibility index (Phi) is 7.44. The van der Waals surface area contributed by atoms with Gasteiger partial charge >= 0.3 is 6.18 Å². The molecule has 0 radical (unpaired) electrons. The zero-order valence-electron chi connectivity index (χ0n) is 20.9. The molecule has 0 bridgehead atoms. The van der Waals surface area contributed by atoms with E-state index >= 15 is 0 Å². The van der Waals surface area contributed by atoms with Crippen molar-refractivity contribution < 1.29 is 31.1 Å². The van der Waals surface area contributed by atoms with Gasteiger partial charge in [0.15, 0.2) is 0 Å². The van der Waals surface area contributed by atoms with Crippen molar-refractivity contribution in [2.45, 2.75) is 23.5 Å². The Morgan fingerprint density at radius 2 is 1.75 bits per heavy atom. The van der Waals surface area contributed by atoms with Gasteiger partial charge in [-0.15, -0.1) is 5.10 Å². The van der Waals surface area contributed by atoms with E-state index in [4.69, 9.17) is 4.74 Å². The summed E-state index contributed by atoms with van der Waals surface area (Å²) >= 11 is 0. The van der Waals surface area contributed by atoms with Crippen molar-refractivity contribution in [3.05, 3.63) is 102 Å². The molecular weight excluding hydrogens is 545 g/mol.